The molecule has 0 bridgehead atoms. The zero-order valence-electron chi connectivity index (χ0n) is 12.9. The quantitative estimate of drug-likeness (QED) is 0.620. The maximum atomic E-state index is 6.19. The molecule has 0 radical (unpaired) electrons. The first kappa shape index (κ1) is 16.9. The van der Waals surface area contributed by atoms with Crippen molar-refractivity contribution in [3.63, 3.8) is 0 Å². The maximum absolute atomic E-state index is 6.19. The number of hydrogen-bond acceptors (Lipinski definition) is 4. The summed E-state index contributed by atoms with van der Waals surface area (Å²) < 4.78 is 16.6. The Morgan fingerprint density at radius 3 is 2.47 bits per heavy atom. The minimum Gasteiger partial charge on any atom is -0.382 e. The standard InChI is InChI=1S/C15H31NO3/c1-14-5-7-15(8-6-14,13-16-2)19-10-4-9-18-12-11-17-3/h14,16H,4-13H2,1-3H3. The summed E-state index contributed by atoms with van der Waals surface area (Å²) >= 11 is 0. The van der Waals surface area contributed by atoms with E-state index in [1.807, 2.05) is 7.05 Å². The average Bonchev–Trinajstić information content (AvgIpc) is 2.42. The molecule has 0 saturated heterocycles. The second kappa shape index (κ2) is 9.70. The number of nitrogens with one attached hydrogen (secondary N) is 1. The van der Waals surface area contributed by atoms with Crippen molar-refractivity contribution in [1.82, 2.24) is 5.32 Å². The highest BCUT2D eigenvalue weighted by molar-refractivity contribution is 4.88. The first-order chi connectivity index (χ1) is 9.22. The van der Waals surface area contributed by atoms with Gasteiger partial charge in [0.2, 0.25) is 0 Å². The van der Waals surface area contributed by atoms with E-state index in [0.29, 0.717) is 13.2 Å². The summed E-state index contributed by atoms with van der Waals surface area (Å²) in [5.41, 5.74) is 0.0633. The van der Waals surface area contributed by atoms with Gasteiger partial charge >= 0.3 is 0 Å². The van der Waals surface area contributed by atoms with E-state index in [-0.39, 0.29) is 5.60 Å². The van der Waals surface area contributed by atoms with Crippen LogP contribution in [0.15, 0.2) is 0 Å². The molecule has 1 aliphatic rings. The first-order valence-corrected chi connectivity index (χ1v) is 7.58. The van der Waals surface area contributed by atoms with Gasteiger partial charge in [0.05, 0.1) is 18.8 Å². The minimum absolute atomic E-state index is 0.0633. The van der Waals surface area contributed by atoms with Gasteiger partial charge < -0.3 is 19.5 Å². The summed E-state index contributed by atoms with van der Waals surface area (Å²) in [5, 5.41) is 3.29. The molecule has 1 N–H and O–H groups in total. The molecule has 1 saturated carbocycles. The van der Waals surface area contributed by atoms with E-state index in [9.17, 15) is 0 Å². The molecule has 0 aromatic heterocycles. The molecular formula is C15H31NO3. The lowest BCUT2D eigenvalue weighted by molar-refractivity contribution is -0.0797. The molecule has 1 rings (SSSR count). The van der Waals surface area contributed by atoms with E-state index in [1.54, 1.807) is 7.11 Å². The Balaban J connectivity index is 2.15. The molecule has 0 atom stereocenters. The molecule has 1 fully saturated rings. The lowest BCUT2D eigenvalue weighted by atomic mass is 9.79. The van der Waals surface area contributed by atoms with E-state index in [0.717, 1.165) is 32.1 Å². The van der Waals surface area contributed by atoms with Crippen LogP contribution in [0.4, 0.5) is 0 Å². The summed E-state index contributed by atoms with van der Waals surface area (Å²) in [7, 11) is 3.70. The van der Waals surface area contributed by atoms with Gasteiger partial charge in [0.1, 0.15) is 0 Å². The van der Waals surface area contributed by atoms with Crippen molar-refractivity contribution in [2.45, 2.75) is 44.6 Å². The van der Waals surface area contributed by atoms with Crippen LogP contribution in [-0.4, -0.2) is 52.7 Å². The monoisotopic (exact) mass is 273 g/mol. The van der Waals surface area contributed by atoms with Gasteiger partial charge in [0, 0.05) is 26.9 Å². The maximum Gasteiger partial charge on any atom is 0.0806 e. The fourth-order valence-corrected chi connectivity index (χ4v) is 2.68. The Kier molecular flexibility index (Phi) is 8.62. The minimum atomic E-state index is 0.0633. The molecule has 0 aromatic rings. The van der Waals surface area contributed by atoms with E-state index in [2.05, 4.69) is 12.2 Å². The zero-order valence-corrected chi connectivity index (χ0v) is 12.9. The van der Waals surface area contributed by atoms with E-state index < -0.39 is 0 Å². The van der Waals surface area contributed by atoms with Gasteiger partial charge in [0.15, 0.2) is 0 Å². The van der Waals surface area contributed by atoms with Crippen molar-refractivity contribution < 1.29 is 14.2 Å². The van der Waals surface area contributed by atoms with Gasteiger partial charge in [-0.2, -0.15) is 0 Å². The molecule has 0 heterocycles. The second-order valence-corrected chi connectivity index (χ2v) is 5.70. The predicted molar refractivity (Wildman–Crippen MR) is 77.6 cm³/mol. The molecule has 4 heteroatoms. The first-order valence-electron chi connectivity index (χ1n) is 7.58. The van der Waals surface area contributed by atoms with E-state index in [4.69, 9.17) is 14.2 Å². The Morgan fingerprint density at radius 1 is 1.11 bits per heavy atom. The van der Waals surface area contributed by atoms with Crippen molar-refractivity contribution in [3.05, 3.63) is 0 Å². The van der Waals surface area contributed by atoms with E-state index in [1.165, 1.54) is 25.7 Å². The summed E-state index contributed by atoms with van der Waals surface area (Å²) in [6.07, 6.45) is 5.89. The Morgan fingerprint density at radius 2 is 1.84 bits per heavy atom. The van der Waals surface area contributed by atoms with Crippen LogP contribution in [-0.2, 0) is 14.2 Å². The molecule has 0 spiro atoms. The van der Waals surface area contributed by atoms with Crippen LogP contribution in [0.1, 0.15) is 39.0 Å². The highest BCUT2D eigenvalue weighted by Crippen LogP contribution is 2.34. The number of likely N-dealkylation sites (N-methyl/N-ethyl adjacent to an activating group) is 1. The molecule has 114 valence electrons. The van der Waals surface area contributed by atoms with Gasteiger partial charge in [-0.15, -0.1) is 0 Å². The van der Waals surface area contributed by atoms with Crippen molar-refractivity contribution in [3.8, 4) is 0 Å². The van der Waals surface area contributed by atoms with E-state index >= 15 is 0 Å². The SMILES string of the molecule is CNCC1(OCCCOCCOC)CCC(C)CC1. The number of methoxy groups -OCH3 is 1. The van der Waals surface area contributed by atoms with Gasteiger partial charge in [-0.1, -0.05) is 6.92 Å². The van der Waals surface area contributed by atoms with Crippen LogP contribution in [0.3, 0.4) is 0 Å². The van der Waals surface area contributed by atoms with Crippen LogP contribution < -0.4 is 5.32 Å². The average molecular weight is 273 g/mol. The molecule has 0 aromatic carbocycles. The molecule has 0 unspecified atom stereocenters. The van der Waals surface area contributed by atoms with Crippen molar-refractivity contribution in [2.75, 3.05) is 47.1 Å². The van der Waals surface area contributed by atoms with Crippen LogP contribution in [0.25, 0.3) is 0 Å². The van der Waals surface area contributed by atoms with Crippen LogP contribution in [0.5, 0.6) is 0 Å². The van der Waals surface area contributed by atoms with Gasteiger partial charge in [-0.3, -0.25) is 0 Å². The van der Waals surface area contributed by atoms with Crippen molar-refractivity contribution in [1.29, 1.82) is 0 Å². The highest BCUT2D eigenvalue weighted by Gasteiger charge is 2.34. The summed E-state index contributed by atoms with van der Waals surface area (Å²) in [4.78, 5) is 0. The molecule has 4 nitrogen and oxygen atoms in total. The molecule has 0 amide bonds. The molecule has 0 aliphatic heterocycles. The van der Waals surface area contributed by atoms with Crippen molar-refractivity contribution in [2.24, 2.45) is 5.92 Å². The summed E-state index contributed by atoms with van der Waals surface area (Å²) in [5.74, 6) is 0.853. The lowest BCUT2D eigenvalue weighted by Crippen LogP contribution is -2.45. The van der Waals surface area contributed by atoms with Crippen LogP contribution in [0, 0.1) is 5.92 Å². The van der Waals surface area contributed by atoms with Crippen molar-refractivity contribution >= 4 is 0 Å². The topological polar surface area (TPSA) is 39.7 Å². The Labute approximate surface area is 118 Å². The molecule has 1 aliphatic carbocycles. The Bertz CT molecular complexity index is 215. The zero-order chi connectivity index (χ0) is 14.0. The molecule has 19 heavy (non-hydrogen) atoms. The fraction of sp³-hybridized carbons (Fsp3) is 1.00. The fourth-order valence-electron chi connectivity index (χ4n) is 2.68. The van der Waals surface area contributed by atoms with Gasteiger partial charge in [0.25, 0.3) is 0 Å². The highest BCUT2D eigenvalue weighted by atomic mass is 16.5. The number of rotatable bonds is 10. The number of ether oxygens (including phenoxy) is 3. The second-order valence-electron chi connectivity index (χ2n) is 5.70. The largest absolute Gasteiger partial charge is 0.382 e. The van der Waals surface area contributed by atoms with Crippen LogP contribution >= 0.6 is 0 Å². The summed E-state index contributed by atoms with van der Waals surface area (Å²) in [6, 6.07) is 0. The van der Waals surface area contributed by atoms with Crippen LogP contribution in [0.2, 0.25) is 0 Å². The Hall–Kier alpha value is -0.160. The third kappa shape index (κ3) is 6.70. The summed E-state index contributed by atoms with van der Waals surface area (Å²) in [6.45, 7) is 6.20. The molecular weight excluding hydrogens is 242 g/mol. The number of hydrogen-bond donors (Lipinski definition) is 1. The third-order valence-electron chi connectivity index (χ3n) is 3.96. The van der Waals surface area contributed by atoms with Gasteiger partial charge in [-0.05, 0) is 45.1 Å². The smallest absolute Gasteiger partial charge is 0.0806 e. The lowest BCUT2D eigenvalue weighted by Gasteiger charge is -2.39. The normalized spacial score (nSPS) is 27.6. The van der Waals surface area contributed by atoms with Gasteiger partial charge in [-0.25, -0.2) is 0 Å². The third-order valence-corrected chi connectivity index (χ3v) is 3.96. The predicted octanol–water partition coefficient (Wildman–Crippen LogP) is 2.22.